The Hall–Kier alpha value is -0.990. The molecule has 0 heterocycles. The van der Waals surface area contributed by atoms with Crippen molar-refractivity contribution in [2.45, 2.75) is 25.8 Å². The maximum Gasteiger partial charge on any atom is 0.123 e. The molecule has 0 radical (unpaired) electrons. The number of ether oxygens (including phenoxy) is 1. The monoisotopic (exact) mass is 251 g/mol. The molecule has 0 amide bonds. The molecule has 1 aliphatic rings. The minimum Gasteiger partial charge on any atom is -0.489 e. The fraction of sp³-hybridized carbons (Fsp3) is 0.429. The summed E-state index contributed by atoms with van der Waals surface area (Å²) in [6.07, 6.45) is 2.23. The van der Waals surface area contributed by atoms with Gasteiger partial charge in [0.1, 0.15) is 12.4 Å². The Morgan fingerprint density at radius 1 is 1.59 bits per heavy atom. The van der Waals surface area contributed by atoms with Gasteiger partial charge in [-0.25, -0.2) is 0 Å². The van der Waals surface area contributed by atoms with Gasteiger partial charge in [-0.1, -0.05) is 23.7 Å². The number of fused-ring (bicyclic) bond motifs is 1. The fourth-order valence-electron chi connectivity index (χ4n) is 2.28. The van der Waals surface area contributed by atoms with E-state index in [9.17, 15) is 0 Å². The van der Waals surface area contributed by atoms with E-state index in [4.69, 9.17) is 16.3 Å². The Balaban J connectivity index is 2.17. The molecular weight excluding hydrogens is 234 g/mol. The van der Waals surface area contributed by atoms with Crippen molar-refractivity contribution >= 4 is 11.6 Å². The molecule has 17 heavy (non-hydrogen) atoms. The van der Waals surface area contributed by atoms with Gasteiger partial charge in [0.2, 0.25) is 0 Å². The third kappa shape index (κ3) is 2.64. The molecule has 3 heteroatoms. The topological polar surface area (TPSA) is 21.3 Å². The third-order valence-corrected chi connectivity index (χ3v) is 3.59. The zero-order valence-electron chi connectivity index (χ0n) is 10.3. The van der Waals surface area contributed by atoms with E-state index in [1.165, 1.54) is 11.1 Å². The zero-order valence-corrected chi connectivity index (χ0v) is 11.1. The molecule has 0 aromatic heterocycles. The van der Waals surface area contributed by atoms with E-state index in [0.717, 1.165) is 24.2 Å². The van der Waals surface area contributed by atoms with Crippen molar-refractivity contribution in [3.05, 3.63) is 40.4 Å². The van der Waals surface area contributed by atoms with Crippen molar-refractivity contribution in [3.63, 3.8) is 0 Å². The molecule has 0 saturated carbocycles. The molecule has 1 unspecified atom stereocenters. The Kier molecular flexibility index (Phi) is 4.08. The first-order valence-corrected chi connectivity index (χ1v) is 6.37. The van der Waals surface area contributed by atoms with E-state index in [0.29, 0.717) is 12.6 Å². The highest BCUT2D eigenvalue weighted by molar-refractivity contribution is 6.25. The molecule has 1 aromatic carbocycles. The van der Waals surface area contributed by atoms with E-state index in [1.54, 1.807) is 5.54 Å². The first-order chi connectivity index (χ1) is 8.26. The highest BCUT2D eigenvalue weighted by Crippen LogP contribution is 2.36. The van der Waals surface area contributed by atoms with Crippen molar-refractivity contribution in [1.82, 2.24) is 5.32 Å². The number of rotatable bonds is 4. The Morgan fingerprint density at radius 3 is 3.12 bits per heavy atom. The minimum atomic E-state index is 0.471. The van der Waals surface area contributed by atoms with Crippen LogP contribution in [-0.4, -0.2) is 13.7 Å². The molecule has 1 aliphatic carbocycles. The molecule has 0 bridgehead atoms. The van der Waals surface area contributed by atoms with Crippen LogP contribution in [0.5, 0.6) is 5.75 Å². The normalized spacial score (nSPS) is 19.2. The molecule has 92 valence electrons. The molecule has 0 fully saturated rings. The van der Waals surface area contributed by atoms with Crippen molar-refractivity contribution < 1.29 is 4.74 Å². The lowest BCUT2D eigenvalue weighted by molar-refractivity contribution is 0.349. The van der Waals surface area contributed by atoms with E-state index in [2.05, 4.69) is 17.4 Å². The predicted octanol–water partition coefficient (Wildman–Crippen LogP) is 3.41. The summed E-state index contributed by atoms with van der Waals surface area (Å²) in [5.74, 6) is 0.998. The van der Waals surface area contributed by atoms with E-state index in [1.807, 2.05) is 20.0 Å². The van der Waals surface area contributed by atoms with Crippen LogP contribution in [0.2, 0.25) is 0 Å². The van der Waals surface area contributed by atoms with Crippen LogP contribution in [-0.2, 0) is 6.42 Å². The van der Waals surface area contributed by atoms with Crippen LogP contribution in [0.1, 0.15) is 30.5 Å². The maximum absolute atomic E-state index is 5.81. The van der Waals surface area contributed by atoms with Gasteiger partial charge in [0.25, 0.3) is 0 Å². The summed E-state index contributed by atoms with van der Waals surface area (Å²) < 4.78 is 5.81. The van der Waals surface area contributed by atoms with Crippen LogP contribution in [0, 0.1) is 0 Å². The molecule has 1 N–H and O–H groups in total. The fourth-order valence-corrected chi connectivity index (χ4v) is 2.34. The maximum atomic E-state index is 5.81. The lowest BCUT2D eigenvalue weighted by Gasteiger charge is -2.13. The van der Waals surface area contributed by atoms with Crippen molar-refractivity contribution in [2.24, 2.45) is 0 Å². The molecule has 0 saturated heterocycles. The van der Waals surface area contributed by atoms with Crippen molar-refractivity contribution in [1.29, 1.82) is 0 Å². The van der Waals surface area contributed by atoms with Gasteiger partial charge in [-0.3, -0.25) is 0 Å². The van der Waals surface area contributed by atoms with E-state index < -0.39 is 0 Å². The summed E-state index contributed by atoms with van der Waals surface area (Å²) in [6.45, 7) is 2.52. The first kappa shape index (κ1) is 12.5. The Labute approximate surface area is 108 Å². The van der Waals surface area contributed by atoms with Crippen molar-refractivity contribution in [2.75, 3.05) is 13.7 Å². The summed E-state index contributed by atoms with van der Waals surface area (Å²) in [6, 6.07) is 6.75. The summed E-state index contributed by atoms with van der Waals surface area (Å²) >= 11 is 5.63. The third-order valence-electron chi connectivity index (χ3n) is 3.22. The van der Waals surface area contributed by atoms with Gasteiger partial charge in [-0.05, 0) is 49.6 Å². The molecule has 1 atom stereocenters. The van der Waals surface area contributed by atoms with E-state index >= 15 is 0 Å². The molecule has 2 rings (SSSR count). The second-order valence-corrected chi connectivity index (χ2v) is 4.67. The second kappa shape index (κ2) is 5.56. The van der Waals surface area contributed by atoms with Crippen LogP contribution >= 0.6 is 11.6 Å². The van der Waals surface area contributed by atoms with Gasteiger partial charge in [0, 0.05) is 11.6 Å². The van der Waals surface area contributed by atoms with Gasteiger partial charge >= 0.3 is 0 Å². The molecule has 0 spiro atoms. The van der Waals surface area contributed by atoms with Gasteiger partial charge < -0.3 is 10.1 Å². The molecular formula is C14H18ClNO. The first-order valence-electron chi connectivity index (χ1n) is 5.94. The van der Waals surface area contributed by atoms with Gasteiger partial charge in [-0.15, -0.1) is 0 Å². The summed E-state index contributed by atoms with van der Waals surface area (Å²) in [7, 11) is 2.01. The SMILES string of the molecule is CNC1CCc2c(OC/C(C)=C/Cl)cccc21. The van der Waals surface area contributed by atoms with Crippen LogP contribution in [0.4, 0.5) is 0 Å². The number of nitrogens with one attached hydrogen (secondary N) is 1. The van der Waals surface area contributed by atoms with Gasteiger partial charge in [0.15, 0.2) is 0 Å². The molecule has 1 aromatic rings. The summed E-state index contributed by atoms with van der Waals surface area (Å²) in [5.41, 5.74) is 5.32. The van der Waals surface area contributed by atoms with E-state index in [-0.39, 0.29) is 0 Å². The van der Waals surface area contributed by atoms with Gasteiger partial charge in [-0.2, -0.15) is 0 Å². The lowest BCUT2D eigenvalue weighted by atomic mass is 10.1. The molecule has 2 nitrogen and oxygen atoms in total. The highest BCUT2D eigenvalue weighted by Gasteiger charge is 2.23. The zero-order chi connectivity index (χ0) is 12.3. The van der Waals surface area contributed by atoms with Crippen molar-refractivity contribution in [3.8, 4) is 5.75 Å². The highest BCUT2D eigenvalue weighted by atomic mass is 35.5. The largest absolute Gasteiger partial charge is 0.489 e. The van der Waals surface area contributed by atoms with Crippen LogP contribution < -0.4 is 10.1 Å². The average Bonchev–Trinajstić information content (AvgIpc) is 2.79. The average molecular weight is 252 g/mol. The summed E-state index contributed by atoms with van der Waals surface area (Å²) in [4.78, 5) is 0. The second-order valence-electron chi connectivity index (χ2n) is 4.45. The number of benzene rings is 1. The number of hydrogen-bond acceptors (Lipinski definition) is 2. The smallest absolute Gasteiger partial charge is 0.123 e. The van der Waals surface area contributed by atoms with Crippen LogP contribution in [0.3, 0.4) is 0 Å². The van der Waals surface area contributed by atoms with Crippen LogP contribution in [0.15, 0.2) is 29.3 Å². The number of hydrogen-bond donors (Lipinski definition) is 1. The van der Waals surface area contributed by atoms with Gasteiger partial charge in [0.05, 0.1) is 0 Å². The Morgan fingerprint density at radius 2 is 2.41 bits per heavy atom. The quantitative estimate of drug-likeness (QED) is 0.886. The summed E-state index contributed by atoms with van der Waals surface area (Å²) in [5, 5.41) is 3.34. The number of halogens is 1. The minimum absolute atomic E-state index is 0.471. The standard InChI is InChI=1S/C14H18ClNO/c1-10(8-15)9-17-14-5-3-4-11-12(14)6-7-13(11)16-2/h3-5,8,13,16H,6-7,9H2,1-2H3/b10-8+. The predicted molar refractivity (Wildman–Crippen MR) is 71.7 cm³/mol. The Bertz CT molecular complexity index is 428. The molecule has 0 aliphatic heterocycles. The lowest BCUT2D eigenvalue weighted by Crippen LogP contribution is -2.12. The van der Waals surface area contributed by atoms with Crippen LogP contribution in [0.25, 0.3) is 0 Å².